The molecule has 0 saturated heterocycles. The topological polar surface area (TPSA) is 58.4 Å². The standard InChI is InChI=1S/C16H25N3OS/c1-12-11-13-5-3-4-6-15(13)19(12)9-8-18-16(20)14(17)7-10-21-2/h3-6,12,14H,7-11,17H2,1-2H3,(H,18,20)/t12?,14-/m0/s1. The fourth-order valence-corrected chi connectivity index (χ4v) is 3.27. The van der Waals surface area contributed by atoms with Crippen LogP contribution in [0.3, 0.4) is 0 Å². The van der Waals surface area contributed by atoms with Crippen molar-refractivity contribution in [3.63, 3.8) is 0 Å². The molecule has 0 spiro atoms. The molecule has 0 bridgehead atoms. The number of para-hydroxylation sites is 1. The zero-order valence-electron chi connectivity index (χ0n) is 12.8. The Balaban J connectivity index is 1.80. The molecule has 116 valence electrons. The third kappa shape index (κ3) is 4.14. The van der Waals surface area contributed by atoms with E-state index in [0.717, 1.165) is 25.1 Å². The first-order valence-corrected chi connectivity index (χ1v) is 8.89. The highest BCUT2D eigenvalue weighted by Crippen LogP contribution is 2.31. The number of nitrogens with zero attached hydrogens (tertiary/aromatic N) is 1. The van der Waals surface area contributed by atoms with E-state index in [9.17, 15) is 4.79 Å². The molecule has 1 amide bonds. The van der Waals surface area contributed by atoms with Gasteiger partial charge in [0.15, 0.2) is 0 Å². The van der Waals surface area contributed by atoms with Crippen molar-refractivity contribution in [1.29, 1.82) is 0 Å². The summed E-state index contributed by atoms with van der Waals surface area (Å²) in [5, 5.41) is 2.95. The molecule has 1 aliphatic rings. The third-order valence-corrected chi connectivity index (χ3v) is 4.61. The molecule has 0 fully saturated rings. The fraction of sp³-hybridized carbons (Fsp3) is 0.562. The van der Waals surface area contributed by atoms with E-state index in [1.165, 1.54) is 11.3 Å². The van der Waals surface area contributed by atoms with E-state index in [-0.39, 0.29) is 11.9 Å². The van der Waals surface area contributed by atoms with Crippen LogP contribution in [-0.2, 0) is 11.2 Å². The quantitative estimate of drug-likeness (QED) is 0.804. The van der Waals surface area contributed by atoms with E-state index < -0.39 is 0 Å². The van der Waals surface area contributed by atoms with E-state index in [4.69, 9.17) is 5.73 Å². The van der Waals surface area contributed by atoms with E-state index in [1.54, 1.807) is 11.8 Å². The van der Waals surface area contributed by atoms with Crippen LogP contribution < -0.4 is 16.0 Å². The Hall–Kier alpha value is -1.20. The summed E-state index contributed by atoms with van der Waals surface area (Å²) in [6.45, 7) is 3.70. The van der Waals surface area contributed by atoms with Gasteiger partial charge in [0.05, 0.1) is 6.04 Å². The molecule has 0 saturated carbocycles. The molecule has 5 heteroatoms. The van der Waals surface area contributed by atoms with Gasteiger partial charge in [0.1, 0.15) is 0 Å². The summed E-state index contributed by atoms with van der Waals surface area (Å²) in [5.74, 6) is 0.884. The highest BCUT2D eigenvalue weighted by atomic mass is 32.2. The first-order valence-electron chi connectivity index (χ1n) is 7.50. The van der Waals surface area contributed by atoms with E-state index in [0.29, 0.717) is 12.6 Å². The normalized spacial score (nSPS) is 18.4. The molecule has 1 unspecified atom stereocenters. The summed E-state index contributed by atoms with van der Waals surface area (Å²) >= 11 is 1.72. The van der Waals surface area contributed by atoms with Crippen LogP contribution in [0.4, 0.5) is 5.69 Å². The number of nitrogens with two attached hydrogens (primary N) is 1. The Labute approximate surface area is 131 Å². The minimum atomic E-state index is -0.388. The lowest BCUT2D eigenvalue weighted by molar-refractivity contribution is -0.122. The first-order chi connectivity index (χ1) is 10.1. The van der Waals surface area contributed by atoms with Crippen molar-refractivity contribution in [3.8, 4) is 0 Å². The zero-order chi connectivity index (χ0) is 15.2. The Bertz CT molecular complexity index is 480. The second-order valence-electron chi connectivity index (χ2n) is 5.55. The van der Waals surface area contributed by atoms with Gasteiger partial charge in [0.25, 0.3) is 0 Å². The number of benzene rings is 1. The molecule has 0 aliphatic carbocycles. The van der Waals surface area contributed by atoms with Crippen LogP contribution in [0.5, 0.6) is 0 Å². The number of carbonyl (C=O) groups is 1. The molecular formula is C16H25N3OS. The van der Waals surface area contributed by atoms with E-state index in [2.05, 4.69) is 41.4 Å². The number of hydrogen-bond acceptors (Lipinski definition) is 4. The van der Waals surface area contributed by atoms with Crippen molar-refractivity contribution in [3.05, 3.63) is 29.8 Å². The lowest BCUT2D eigenvalue weighted by Crippen LogP contribution is -2.44. The van der Waals surface area contributed by atoms with Gasteiger partial charge in [0, 0.05) is 24.8 Å². The van der Waals surface area contributed by atoms with Crippen LogP contribution in [0.1, 0.15) is 18.9 Å². The van der Waals surface area contributed by atoms with Crippen LogP contribution in [0.2, 0.25) is 0 Å². The summed E-state index contributed by atoms with van der Waals surface area (Å²) in [6, 6.07) is 8.60. The SMILES string of the molecule is CSCC[C@H](N)C(=O)NCCN1c2ccccc2CC1C. The molecule has 4 nitrogen and oxygen atoms in total. The van der Waals surface area contributed by atoms with Crippen LogP contribution in [0.15, 0.2) is 24.3 Å². The maximum atomic E-state index is 11.9. The maximum Gasteiger partial charge on any atom is 0.237 e. The van der Waals surface area contributed by atoms with Crippen LogP contribution in [0.25, 0.3) is 0 Å². The summed E-state index contributed by atoms with van der Waals surface area (Å²) in [4.78, 5) is 14.2. The van der Waals surface area contributed by atoms with Gasteiger partial charge >= 0.3 is 0 Å². The number of thioether (sulfide) groups is 1. The number of nitrogens with one attached hydrogen (secondary N) is 1. The van der Waals surface area contributed by atoms with E-state index >= 15 is 0 Å². The second kappa shape index (κ2) is 7.71. The van der Waals surface area contributed by atoms with Crippen molar-refractivity contribution < 1.29 is 4.79 Å². The predicted octanol–water partition coefficient (Wildman–Crippen LogP) is 1.63. The Kier molecular flexibility index (Phi) is 5.94. The fourth-order valence-electron chi connectivity index (χ4n) is 2.78. The molecule has 2 rings (SSSR count). The molecular weight excluding hydrogens is 282 g/mol. The van der Waals surface area contributed by atoms with Gasteiger partial charge in [0.2, 0.25) is 5.91 Å². The summed E-state index contributed by atoms with van der Waals surface area (Å²) < 4.78 is 0. The highest BCUT2D eigenvalue weighted by Gasteiger charge is 2.25. The minimum Gasteiger partial charge on any atom is -0.367 e. The highest BCUT2D eigenvalue weighted by molar-refractivity contribution is 7.98. The largest absolute Gasteiger partial charge is 0.367 e. The Morgan fingerprint density at radius 3 is 3.05 bits per heavy atom. The van der Waals surface area contributed by atoms with Crippen LogP contribution in [0, 0.1) is 0 Å². The van der Waals surface area contributed by atoms with Gasteiger partial charge < -0.3 is 16.0 Å². The van der Waals surface area contributed by atoms with Crippen molar-refractivity contribution >= 4 is 23.4 Å². The van der Waals surface area contributed by atoms with Crippen molar-refractivity contribution in [2.75, 3.05) is 30.0 Å². The summed E-state index contributed by atoms with van der Waals surface area (Å²) in [7, 11) is 0. The molecule has 2 atom stereocenters. The predicted molar refractivity (Wildman–Crippen MR) is 90.9 cm³/mol. The lowest BCUT2D eigenvalue weighted by Gasteiger charge is -2.25. The average molecular weight is 307 g/mol. The monoisotopic (exact) mass is 307 g/mol. The molecule has 21 heavy (non-hydrogen) atoms. The Morgan fingerprint density at radius 2 is 2.29 bits per heavy atom. The third-order valence-electron chi connectivity index (χ3n) is 3.97. The number of amides is 1. The summed E-state index contributed by atoms with van der Waals surface area (Å²) in [6.07, 6.45) is 3.84. The molecule has 1 aromatic rings. The lowest BCUT2D eigenvalue weighted by atomic mass is 10.1. The van der Waals surface area contributed by atoms with Gasteiger partial charge in [-0.25, -0.2) is 0 Å². The van der Waals surface area contributed by atoms with Crippen molar-refractivity contribution in [1.82, 2.24) is 5.32 Å². The number of rotatable bonds is 7. The zero-order valence-corrected chi connectivity index (χ0v) is 13.7. The molecule has 0 aromatic heterocycles. The van der Waals surface area contributed by atoms with Crippen molar-refractivity contribution in [2.24, 2.45) is 5.73 Å². The van der Waals surface area contributed by atoms with Gasteiger partial charge in [-0.05, 0) is 43.4 Å². The molecule has 0 radical (unpaired) electrons. The van der Waals surface area contributed by atoms with Gasteiger partial charge in [-0.15, -0.1) is 0 Å². The van der Waals surface area contributed by atoms with Crippen LogP contribution in [-0.4, -0.2) is 43.1 Å². The van der Waals surface area contributed by atoms with Gasteiger partial charge in [-0.1, -0.05) is 18.2 Å². The van der Waals surface area contributed by atoms with Crippen molar-refractivity contribution in [2.45, 2.75) is 31.8 Å². The molecule has 1 aliphatic heterocycles. The number of anilines is 1. The van der Waals surface area contributed by atoms with E-state index in [1.807, 2.05) is 6.26 Å². The van der Waals surface area contributed by atoms with Gasteiger partial charge in [-0.2, -0.15) is 11.8 Å². The molecule has 1 heterocycles. The first kappa shape index (κ1) is 16.2. The van der Waals surface area contributed by atoms with Crippen LogP contribution >= 0.6 is 11.8 Å². The summed E-state index contributed by atoms with van der Waals surface area (Å²) in [5.41, 5.74) is 8.56. The molecule has 3 N–H and O–H groups in total. The smallest absolute Gasteiger partial charge is 0.237 e. The second-order valence-corrected chi connectivity index (χ2v) is 6.54. The Morgan fingerprint density at radius 1 is 1.52 bits per heavy atom. The average Bonchev–Trinajstić information content (AvgIpc) is 2.80. The van der Waals surface area contributed by atoms with Gasteiger partial charge in [-0.3, -0.25) is 4.79 Å². The number of carbonyl (C=O) groups excluding carboxylic acids is 1. The minimum absolute atomic E-state index is 0.0378. The maximum absolute atomic E-state index is 11.9. The number of hydrogen-bond donors (Lipinski definition) is 2. The number of fused-ring (bicyclic) bond motifs is 1. The molecule has 1 aromatic carbocycles.